The molecule has 1 aromatic heterocycles. The summed E-state index contributed by atoms with van der Waals surface area (Å²) in [5.74, 6) is 0.714. The second-order valence-electron chi connectivity index (χ2n) is 5.94. The predicted molar refractivity (Wildman–Crippen MR) is 88.0 cm³/mol. The van der Waals surface area contributed by atoms with E-state index in [4.69, 9.17) is 4.52 Å². The van der Waals surface area contributed by atoms with E-state index in [1.165, 1.54) is 5.56 Å². The van der Waals surface area contributed by atoms with Gasteiger partial charge in [0.2, 0.25) is 0 Å². The van der Waals surface area contributed by atoms with E-state index in [-0.39, 0.29) is 0 Å². The van der Waals surface area contributed by atoms with Crippen LogP contribution in [0.3, 0.4) is 0 Å². The summed E-state index contributed by atoms with van der Waals surface area (Å²) in [5, 5.41) is 18.1. The first-order valence-electron chi connectivity index (χ1n) is 7.74. The smallest absolute Gasteiger partial charge is 0.193 e. The number of aliphatic hydroxyl groups is 1. The van der Waals surface area contributed by atoms with Crippen molar-refractivity contribution in [3.8, 4) is 0 Å². The van der Waals surface area contributed by atoms with Gasteiger partial charge >= 0.3 is 0 Å². The Morgan fingerprint density at radius 2 is 2.26 bits per heavy atom. The molecule has 0 saturated carbocycles. The van der Waals surface area contributed by atoms with E-state index in [0.29, 0.717) is 19.0 Å². The van der Waals surface area contributed by atoms with Crippen molar-refractivity contribution in [2.24, 2.45) is 4.99 Å². The highest BCUT2D eigenvalue weighted by Gasteiger charge is 2.36. The van der Waals surface area contributed by atoms with E-state index in [1.807, 2.05) is 36.2 Å². The normalized spacial score (nSPS) is 20.4. The molecule has 3 rings (SSSR count). The third-order valence-corrected chi connectivity index (χ3v) is 4.33. The summed E-state index contributed by atoms with van der Waals surface area (Å²) in [4.78, 5) is 6.23. The topological polar surface area (TPSA) is 73.9 Å². The molecule has 0 saturated heterocycles. The van der Waals surface area contributed by atoms with Crippen LogP contribution in [0.25, 0.3) is 0 Å². The maximum absolute atomic E-state index is 11.0. The van der Waals surface area contributed by atoms with Gasteiger partial charge in [-0.3, -0.25) is 4.99 Å². The summed E-state index contributed by atoms with van der Waals surface area (Å²) in [6, 6.07) is 9.90. The van der Waals surface area contributed by atoms with Crippen LogP contribution in [-0.4, -0.2) is 41.8 Å². The highest BCUT2D eigenvalue weighted by Crippen LogP contribution is 2.36. The molecule has 0 radical (unpaired) electrons. The Kier molecular flexibility index (Phi) is 4.34. The Balaban J connectivity index is 1.65. The summed E-state index contributed by atoms with van der Waals surface area (Å²) in [5.41, 5.74) is 2.23. The van der Waals surface area contributed by atoms with Crippen molar-refractivity contribution >= 4 is 5.96 Å². The van der Waals surface area contributed by atoms with Crippen molar-refractivity contribution in [3.63, 3.8) is 0 Å². The highest BCUT2D eigenvalue weighted by molar-refractivity contribution is 5.79. The van der Waals surface area contributed by atoms with Gasteiger partial charge in [0.15, 0.2) is 5.96 Å². The molecule has 1 aliphatic carbocycles. The molecule has 0 spiro atoms. The Labute approximate surface area is 135 Å². The fraction of sp³-hybridized carbons (Fsp3) is 0.412. The average molecular weight is 314 g/mol. The molecule has 0 bridgehead atoms. The Morgan fingerprint density at radius 1 is 1.43 bits per heavy atom. The van der Waals surface area contributed by atoms with E-state index in [0.717, 1.165) is 24.1 Å². The van der Waals surface area contributed by atoms with Crippen LogP contribution in [0, 0.1) is 0 Å². The first-order valence-corrected chi connectivity index (χ1v) is 7.74. The highest BCUT2D eigenvalue weighted by atomic mass is 16.5. The van der Waals surface area contributed by atoms with E-state index >= 15 is 0 Å². The molecule has 2 N–H and O–H groups in total. The molecule has 1 atom stereocenters. The number of aryl methyl sites for hydroxylation is 1. The first-order chi connectivity index (χ1) is 11.1. The van der Waals surface area contributed by atoms with Crippen LogP contribution in [0.1, 0.15) is 23.2 Å². The lowest BCUT2D eigenvalue weighted by molar-refractivity contribution is 0.0426. The minimum atomic E-state index is -0.846. The molecule has 6 heteroatoms. The lowest BCUT2D eigenvalue weighted by Gasteiger charge is -2.28. The van der Waals surface area contributed by atoms with Crippen LogP contribution in [0.4, 0.5) is 0 Å². The Hall–Kier alpha value is -2.34. The number of rotatable bonds is 4. The van der Waals surface area contributed by atoms with E-state index in [1.54, 1.807) is 13.3 Å². The van der Waals surface area contributed by atoms with Crippen LogP contribution >= 0.6 is 0 Å². The molecule has 0 amide bonds. The van der Waals surface area contributed by atoms with Gasteiger partial charge in [0.05, 0.1) is 13.1 Å². The minimum Gasteiger partial charge on any atom is -0.383 e. The number of guanidine groups is 1. The van der Waals surface area contributed by atoms with Gasteiger partial charge in [-0.15, -0.1) is 0 Å². The van der Waals surface area contributed by atoms with Gasteiger partial charge in [-0.2, -0.15) is 0 Å². The standard InChI is InChI=1S/C17H22N4O2/c1-18-16(21(2)11-14-8-10-23-20-14)19-12-17(22)9-7-13-5-3-4-6-15(13)17/h3-6,8,10,22H,7,9,11-12H2,1-2H3,(H,18,19). The van der Waals surface area contributed by atoms with Crippen LogP contribution in [-0.2, 0) is 18.6 Å². The van der Waals surface area contributed by atoms with Gasteiger partial charge in [-0.25, -0.2) is 0 Å². The first kappa shape index (κ1) is 15.6. The van der Waals surface area contributed by atoms with Crippen LogP contribution in [0.2, 0.25) is 0 Å². The molecule has 23 heavy (non-hydrogen) atoms. The zero-order valence-corrected chi connectivity index (χ0v) is 13.5. The molecule has 0 fully saturated rings. The quantitative estimate of drug-likeness (QED) is 0.661. The summed E-state index contributed by atoms with van der Waals surface area (Å²) in [6.45, 7) is 1.02. The van der Waals surface area contributed by atoms with Crippen molar-refractivity contribution in [2.45, 2.75) is 25.0 Å². The fourth-order valence-corrected chi connectivity index (χ4v) is 3.10. The number of hydrogen-bond donors (Lipinski definition) is 2. The molecule has 1 aromatic carbocycles. The second kappa shape index (κ2) is 6.42. The zero-order chi connectivity index (χ0) is 16.3. The van der Waals surface area contributed by atoms with E-state index < -0.39 is 5.60 Å². The summed E-state index contributed by atoms with van der Waals surface area (Å²) >= 11 is 0. The minimum absolute atomic E-state index is 0.430. The molecule has 1 heterocycles. The van der Waals surface area contributed by atoms with Gasteiger partial charge in [-0.1, -0.05) is 29.4 Å². The molecule has 122 valence electrons. The summed E-state index contributed by atoms with van der Waals surface area (Å²) in [7, 11) is 3.66. The van der Waals surface area contributed by atoms with Crippen LogP contribution in [0.15, 0.2) is 46.1 Å². The Morgan fingerprint density at radius 3 is 3.00 bits per heavy atom. The monoisotopic (exact) mass is 314 g/mol. The fourth-order valence-electron chi connectivity index (χ4n) is 3.10. The molecule has 1 unspecified atom stereocenters. The molecule has 2 aromatic rings. The van der Waals surface area contributed by atoms with Crippen molar-refractivity contribution in [1.29, 1.82) is 0 Å². The summed E-state index contributed by atoms with van der Waals surface area (Å²) < 4.78 is 4.85. The largest absolute Gasteiger partial charge is 0.383 e. The number of aromatic nitrogens is 1. The lowest BCUT2D eigenvalue weighted by Crippen LogP contribution is -2.45. The number of benzene rings is 1. The molecule has 0 aliphatic heterocycles. The van der Waals surface area contributed by atoms with Gasteiger partial charge in [0.25, 0.3) is 0 Å². The number of fused-ring (bicyclic) bond motifs is 1. The lowest BCUT2D eigenvalue weighted by atomic mass is 9.96. The molecular formula is C17H22N4O2. The number of aliphatic imine (C=N–C) groups is 1. The number of nitrogens with one attached hydrogen (secondary N) is 1. The maximum Gasteiger partial charge on any atom is 0.193 e. The molecular weight excluding hydrogens is 292 g/mol. The second-order valence-corrected chi connectivity index (χ2v) is 5.94. The van der Waals surface area contributed by atoms with Gasteiger partial charge < -0.3 is 19.8 Å². The number of nitrogens with zero attached hydrogens (tertiary/aromatic N) is 3. The summed E-state index contributed by atoms with van der Waals surface area (Å²) in [6.07, 6.45) is 3.18. The predicted octanol–water partition coefficient (Wildman–Crippen LogP) is 1.52. The van der Waals surface area contributed by atoms with Crippen molar-refractivity contribution in [3.05, 3.63) is 53.4 Å². The number of hydrogen-bond acceptors (Lipinski definition) is 4. The zero-order valence-electron chi connectivity index (χ0n) is 13.5. The van der Waals surface area contributed by atoms with Crippen molar-refractivity contribution < 1.29 is 9.63 Å². The molecule has 1 aliphatic rings. The van der Waals surface area contributed by atoms with E-state index in [2.05, 4.69) is 21.5 Å². The van der Waals surface area contributed by atoms with Crippen LogP contribution < -0.4 is 5.32 Å². The third kappa shape index (κ3) is 3.22. The maximum atomic E-state index is 11.0. The average Bonchev–Trinajstić information content (AvgIpc) is 3.17. The van der Waals surface area contributed by atoms with Crippen LogP contribution in [0.5, 0.6) is 0 Å². The van der Waals surface area contributed by atoms with Crippen molar-refractivity contribution in [2.75, 3.05) is 20.6 Å². The van der Waals surface area contributed by atoms with Gasteiger partial charge in [0, 0.05) is 20.2 Å². The Bertz CT molecular complexity index is 684. The third-order valence-electron chi connectivity index (χ3n) is 4.33. The SMILES string of the molecule is CN=C(NCC1(O)CCc2ccccc21)N(C)Cc1ccon1. The van der Waals surface area contributed by atoms with Gasteiger partial charge in [0.1, 0.15) is 17.6 Å². The van der Waals surface area contributed by atoms with E-state index in [9.17, 15) is 5.11 Å². The molecule has 6 nitrogen and oxygen atoms in total. The van der Waals surface area contributed by atoms with Gasteiger partial charge in [-0.05, 0) is 24.0 Å². The van der Waals surface area contributed by atoms with Crippen molar-refractivity contribution in [1.82, 2.24) is 15.4 Å².